The van der Waals surface area contributed by atoms with Gasteiger partial charge in [0.15, 0.2) is 11.5 Å². The number of ether oxygens (including phenoxy) is 3. The van der Waals surface area contributed by atoms with E-state index in [9.17, 15) is 4.79 Å². The summed E-state index contributed by atoms with van der Waals surface area (Å²) >= 11 is 3.41. The molecular formula is C18H19BrN2O4. The van der Waals surface area contributed by atoms with Crippen LogP contribution < -0.4 is 19.6 Å². The van der Waals surface area contributed by atoms with E-state index >= 15 is 0 Å². The molecule has 0 saturated heterocycles. The van der Waals surface area contributed by atoms with Crippen LogP contribution in [0.2, 0.25) is 0 Å². The molecule has 1 N–H and O–H groups in total. The highest BCUT2D eigenvalue weighted by Gasteiger charge is 2.16. The Morgan fingerprint density at radius 3 is 2.16 bits per heavy atom. The predicted octanol–water partition coefficient (Wildman–Crippen LogP) is 3.63. The van der Waals surface area contributed by atoms with Gasteiger partial charge in [0.1, 0.15) is 0 Å². The number of carbonyl (C=O) groups excluding carboxylic acids is 1. The van der Waals surface area contributed by atoms with E-state index in [1.54, 1.807) is 12.1 Å². The first-order valence-corrected chi connectivity index (χ1v) is 8.20. The number of halogens is 1. The van der Waals surface area contributed by atoms with Crippen molar-refractivity contribution in [3.8, 4) is 17.2 Å². The van der Waals surface area contributed by atoms with Crippen LogP contribution in [0.15, 0.2) is 46.0 Å². The molecule has 0 aliphatic carbocycles. The summed E-state index contributed by atoms with van der Waals surface area (Å²) in [5, 5.41) is 4.15. The fourth-order valence-corrected chi connectivity index (χ4v) is 2.59. The van der Waals surface area contributed by atoms with Gasteiger partial charge in [0.25, 0.3) is 5.91 Å². The molecule has 7 heteroatoms. The van der Waals surface area contributed by atoms with Gasteiger partial charge in [-0.3, -0.25) is 4.79 Å². The molecule has 2 rings (SSSR count). The normalized spacial score (nSPS) is 11.0. The summed E-state index contributed by atoms with van der Waals surface area (Å²) in [6.07, 6.45) is 0. The van der Waals surface area contributed by atoms with E-state index in [1.165, 1.54) is 21.3 Å². The molecule has 1 amide bonds. The Hall–Kier alpha value is -2.54. The van der Waals surface area contributed by atoms with Crippen molar-refractivity contribution in [2.45, 2.75) is 6.92 Å². The van der Waals surface area contributed by atoms with E-state index in [0.717, 1.165) is 10.0 Å². The van der Waals surface area contributed by atoms with Crippen molar-refractivity contribution in [3.05, 3.63) is 52.0 Å². The lowest BCUT2D eigenvalue weighted by Crippen LogP contribution is -2.19. The van der Waals surface area contributed by atoms with E-state index < -0.39 is 0 Å². The Balaban J connectivity index is 2.24. The predicted molar refractivity (Wildman–Crippen MR) is 99.9 cm³/mol. The van der Waals surface area contributed by atoms with Crippen molar-refractivity contribution in [3.63, 3.8) is 0 Å². The highest BCUT2D eigenvalue weighted by Crippen LogP contribution is 2.38. The molecule has 0 aromatic heterocycles. The molecule has 0 heterocycles. The van der Waals surface area contributed by atoms with Crippen LogP contribution in [0.3, 0.4) is 0 Å². The number of hydrogen-bond donors (Lipinski definition) is 1. The molecule has 2 aromatic carbocycles. The van der Waals surface area contributed by atoms with Crippen LogP contribution >= 0.6 is 15.9 Å². The lowest BCUT2D eigenvalue weighted by Gasteiger charge is -2.13. The summed E-state index contributed by atoms with van der Waals surface area (Å²) < 4.78 is 16.7. The molecule has 0 aliphatic heterocycles. The largest absolute Gasteiger partial charge is 0.493 e. The molecule has 0 unspecified atom stereocenters. The molecule has 0 bridgehead atoms. The molecule has 6 nitrogen and oxygen atoms in total. The topological polar surface area (TPSA) is 69.2 Å². The number of nitrogens with zero attached hydrogens (tertiary/aromatic N) is 1. The van der Waals surface area contributed by atoms with E-state index in [-0.39, 0.29) is 5.91 Å². The van der Waals surface area contributed by atoms with Gasteiger partial charge in [-0.1, -0.05) is 28.1 Å². The molecule has 2 aromatic rings. The third-order valence-electron chi connectivity index (χ3n) is 3.49. The number of hydrazone groups is 1. The van der Waals surface area contributed by atoms with Crippen molar-refractivity contribution >= 4 is 27.5 Å². The molecule has 0 fully saturated rings. The minimum Gasteiger partial charge on any atom is -0.493 e. The quantitative estimate of drug-likeness (QED) is 0.587. The summed E-state index contributed by atoms with van der Waals surface area (Å²) in [5.74, 6) is 0.850. The zero-order valence-electron chi connectivity index (χ0n) is 14.4. The smallest absolute Gasteiger partial charge is 0.271 e. The number of rotatable bonds is 6. The fraction of sp³-hybridized carbons (Fsp3) is 0.222. The number of hydrogen-bond acceptors (Lipinski definition) is 5. The monoisotopic (exact) mass is 406 g/mol. The van der Waals surface area contributed by atoms with Crippen LogP contribution in [0.4, 0.5) is 0 Å². The molecule has 0 radical (unpaired) electrons. The number of amides is 1. The SMILES string of the molecule is COc1cc(C(=O)N/N=C(/C)c2cccc(Br)c2)cc(OC)c1OC. The lowest BCUT2D eigenvalue weighted by molar-refractivity contribution is 0.0954. The number of carbonyl (C=O) groups is 1. The Morgan fingerprint density at radius 1 is 1.00 bits per heavy atom. The highest BCUT2D eigenvalue weighted by molar-refractivity contribution is 9.10. The maximum Gasteiger partial charge on any atom is 0.271 e. The minimum atomic E-state index is -0.381. The van der Waals surface area contributed by atoms with Gasteiger partial charge in [0.2, 0.25) is 5.75 Å². The Labute approximate surface area is 154 Å². The maximum absolute atomic E-state index is 12.4. The van der Waals surface area contributed by atoms with E-state index in [0.29, 0.717) is 28.5 Å². The third kappa shape index (κ3) is 4.51. The van der Waals surface area contributed by atoms with Gasteiger partial charge in [0.05, 0.1) is 27.0 Å². The van der Waals surface area contributed by atoms with Gasteiger partial charge in [0, 0.05) is 10.0 Å². The van der Waals surface area contributed by atoms with Gasteiger partial charge < -0.3 is 14.2 Å². The van der Waals surface area contributed by atoms with Crippen molar-refractivity contribution < 1.29 is 19.0 Å². The summed E-state index contributed by atoms with van der Waals surface area (Å²) in [5.41, 5.74) is 4.47. The first kappa shape index (κ1) is 18.8. The summed E-state index contributed by atoms with van der Waals surface area (Å²) in [6, 6.07) is 10.8. The van der Waals surface area contributed by atoms with E-state index in [2.05, 4.69) is 26.5 Å². The van der Waals surface area contributed by atoms with E-state index in [1.807, 2.05) is 31.2 Å². The number of benzene rings is 2. The second-order valence-electron chi connectivity index (χ2n) is 5.06. The summed E-state index contributed by atoms with van der Waals surface area (Å²) in [7, 11) is 4.49. The van der Waals surface area contributed by atoms with Gasteiger partial charge >= 0.3 is 0 Å². The van der Waals surface area contributed by atoms with Crippen molar-refractivity contribution in [1.29, 1.82) is 0 Å². The maximum atomic E-state index is 12.4. The molecule has 0 spiro atoms. The molecule has 25 heavy (non-hydrogen) atoms. The van der Waals surface area contributed by atoms with Crippen molar-refractivity contribution in [1.82, 2.24) is 5.43 Å². The van der Waals surface area contributed by atoms with Crippen molar-refractivity contribution in [2.24, 2.45) is 5.10 Å². The summed E-state index contributed by atoms with van der Waals surface area (Å²) in [6.45, 7) is 1.82. The molecule has 0 aliphatic rings. The third-order valence-corrected chi connectivity index (χ3v) is 3.99. The molecule has 132 valence electrons. The second kappa shape index (κ2) is 8.53. The van der Waals surface area contributed by atoms with E-state index in [4.69, 9.17) is 14.2 Å². The fourth-order valence-electron chi connectivity index (χ4n) is 2.19. The first-order valence-electron chi connectivity index (χ1n) is 7.40. The van der Waals surface area contributed by atoms with Crippen LogP contribution in [0.5, 0.6) is 17.2 Å². The van der Waals surface area contributed by atoms with Crippen molar-refractivity contribution in [2.75, 3.05) is 21.3 Å². The average molecular weight is 407 g/mol. The summed E-state index contributed by atoms with van der Waals surface area (Å²) in [4.78, 5) is 12.4. The standard InChI is InChI=1S/C18H19BrN2O4/c1-11(12-6-5-7-14(19)8-12)20-21-18(22)13-9-15(23-2)17(25-4)16(10-13)24-3/h5-10H,1-4H3,(H,21,22)/b20-11-. The Morgan fingerprint density at radius 2 is 1.64 bits per heavy atom. The number of nitrogens with one attached hydrogen (secondary N) is 1. The van der Waals surface area contributed by atoms with Gasteiger partial charge in [-0.15, -0.1) is 0 Å². The first-order chi connectivity index (χ1) is 12.0. The molecule has 0 atom stereocenters. The number of methoxy groups -OCH3 is 3. The zero-order valence-corrected chi connectivity index (χ0v) is 16.0. The van der Waals surface area contributed by atoms with Gasteiger partial charge in [-0.25, -0.2) is 5.43 Å². The Kier molecular flexibility index (Phi) is 6.41. The minimum absolute atomic E-state index is 0.347. The second-order valence-corrected chi connectivity index (χ2v) is 5.98. The average Bonchev–Trinajstić information content (AvgIpc) is 2.64. The van der Waals surface area contributed by atoms with Crippen LogP contribution in [0.25, 0.3) is 0 Å². The molecular weight excluding hydrogens is 388 g/mol. The van der Waals surface area contributed by atoms with Gasteiger partial charge in [-0.2, -0.15) is 5.10 Å². The Bertz CT molecular complexity index is 780. The molecule has 0 saturated carbocycles. The van der Waals surface area contributed by atoms with Gasteiger partial charge in [-0.05, 0) is 36.8 Å². The van der Waals surface area contributed by atoms with Crippen LogP contribution in [-0.4, -0.2) is 32.9 Å². The highest BCUT2D eigenvalue weighted by atomic mass is 79.9. The van der Waals surface area contributed by atoms with Crippen LogP contribution in [0.1, 0.15) is 22.8 Å². The lowest BCUT2D eigenvalue weighted by atomic mass is 10.1. The van der Waals surface area contributed by atoms with Crippen LogP contribution in [-0.2, 0) is 0 Å². The van der Waals surface area contributed by atoms with Crippen LogP contribution in [0, 0.1) is 0 Å². The zero-order chi connectivity index (χ0) is 18.4.